The molecule has 0 aromatic heterocycles. The van der Waals surface area contributed by atoms with Gasteiger partial charge >= 0.3 is 0 Å². The van der Waals surface area contributed by atoms with E-state index in [4.69, 9.17) is 0 Å². The molecular formula is C30H33F. The van der Waals surface area contributed by atoms with Crippen LogP contribution < -0.4 is 0 Å². The number of benzene rings is 3. The third-order valence-electron chi connectivity index (χ3n) is 7.08. The molecule has 0 atom stereocenters. The molecule has 0 unspecified atom stereocenters. The molecule has 1 saturated carbocycles. The Bertz CT molecular complexity index is 1040. The van der Waals surface area contributed by atoms with E-state index in [2.05, 4.69) is 49.6 Å². The molecule has 1 heteroatoms. The molecule has 0 amide bonds. The molecule has 0 radical (unpaired) electrons. The van der Waals surface area contributed by atoms with Crippen molar-refractivity contribution >= 4 is 16.8 Å². The molecule has 1 aliphatic rings. The van der Waals surface area contributed by atoms with Gasteiger partial charge in [-0.1, -0.05) is 92.9 Å². The smallest absolute Gasteiger partial charge is 0.138 e. The molecule has 160 valence electrons. The van der Waals surface area contributed by atoms with Gasteiger partial charge in [-0.25, -0.2) is 4.39 Å². The number of hydrogen-bond acceptors (Lipinski definition) is 0. The first-order valence-corrected chi connectivity index (χ1v) is 11.7. The van der Waals surface area contributed by atoms with Crippen molar-refractivity contribution in [1.29, 1.82) is 0 Å². The first-order valence-electron chi connectivity index (χ1n) is 11.7. The van der Waals surface area contributed by atoms with E-state index in [9.17, 15) is 4.39 Å². The summed E-state index contributed by atoms with van der Waals surface area (Å²) in [5.74, 6) is 1.62. The van der Waals surface area contributed by atoms with Crippen LogP contribution in [0, 0.1) is 17.7 Å². The minimum Gasteiger partial charge on any atom is -0.206 e. The van der Waals surface area contributed by atoms with Gasteiger partial charge in [-0.15, -0.1) is 6.58 Å². The molecule has 0 spiro atoms. The minimum absolute atomic E-state index is 0.191. The van der Waals surface area contributed by atoms with Crippen molar-refractivity contribution in [2.24, 2.45) is 11.8 Å². The van der Waals surface area contributed by atoms with Crippen molar-refractivity contribution in [3.8, 4) is 11.1 Å². The fraction of sp³-hybridized carbons (Fsp3) is 0.333. The zero-order chi connectivity index (χ0) is 21.6. The SMILES string of the molecule is C=CCCC1CCC(CCc2ccc(-c3ccc4c(F)c(C=C)ccc4c3)cc2)CC1. The van der Waals surface area contributed by atoms with Gasteiger partial charge in [0.15, 0.2) is 0 Å². The summed E-state index contributed by atoms with van der Waals surface area (Å²) in [6.07, 6.45) is 14.2. The lowest BCUT2D eigenvalue weighted by atomic mass is 9.78. The highest BCUT2D eigenvalue weighted by Gasteiger charge is 2.20. The molecule has 4 rings (SSSR count). The molecule has 0 aliphatic heterocycles. The molecule has 3 aromatic carbocycles. The summed E-state index contributed by atoms with van der Waals surface area (Å²) in [7, 11) is 0. The quantitative estimate of drug-likeness (QED) is 0.324. The lowest BCUT2D eigenvalue weighted by molar-refractivity contribution is 0.254. The molecule has 1 aliphatic carbocycles. The van der Waals surface area contributed by atoms with E-state index in [0.717, 1.165) is 29.2 Å². The number of aryl methyl sites for hydroxylation is 1. The third kappa shape index (κ3) is 5.15. The topological polar surface area (TPSA) is 0 Å². The molecule has 31 heavy (non-hydrogen) atoms. The molecule has 0 N–H and O–H groups in total. The first-order chi connectivity index (χ1) is 15.2. The van der Waals surface area contributed by atoms with Crippen molar-refractivity contribution in [2.75, 3.05) is 0 Å². The fourth-order valence-corrected chi connectivity index (χ4v) is 5.04. The minimum atomic E-state index is -0.191. The average Bonchev–Trinajstić information content (AvgIpc) is 2.82. The van der Waals surface area contributed by atoms with Crippen molar-refractivity contribution in [2.45, 2.75) is 51.4 Å². The summed E-state index contributed by atoms with van der Waals surface area (Å²) in [6, 6.07) is 18.7. The molecule has 3 aromatic rings. The number of rotatable bonds is 8. The highest BCUT2D eigenvalue weighted by Crippen LogP contribution is 2.34. The molecule has 1 fully saturated rings. The Morgan fingerprint density at radius 3 is 2.16 bits per heavy atom. The second-order valence-corrected chi connectivity index (χ2v) is 9.10. The zero-order valence-corrected chi connectivity index (χ0v) is 18.5. The molecular weight excluding hydrogens is 379 g/mol. The van der Waals surface area contributed by atoms with E-state index in [1.165, 1.54) is 56.1 Å². The van der Waals surface area contributed by atoms with E-state index in [1.807, 2.05) is 18.2 Å². The van der Waals surface area contributed by atoms with Gasteiger partial charge in [0.25, 0.3) is 0 Å². The molecule has 0 saturated heterocycles. The van der Waals surface area contributed by atoms with E-state index in [-0.39, 0.29) is 5.82 Å². The van der Waals surface area contributed by atoms with Gasteiger partial charge < -0.3 is 0 Å². The van der Waals surface area contributed by atoms with Crippen LogP contribution in [0.3, 0.4) is 0 Å². The van der Waals surface area contributed by atoms with Crippen LogP contribution in [0.2, 0.25) is 0 Å². The van der Waals surface area contributed by atoms with Crippen LogP contribution in [0.5, 0.6) is 0 Å². The van der Waals surface area contributed by atoms with Crippen molar-refractivity contribution in [3.05, 3.63) is 90.8 Å². The van der Waals surface area contributed by atoms with E-state index in [0.29, 0.717) is 10.9 Å². The highest BCUT2D eigenvalue weighted by molar-refractivity contribution is 5.89. The van der Waals surface area contributed by atoms with E-state index >= 15 is 0 Å². The Labute approximate surface area is 186 Å². The lowest BCUT2D eigenvalue weighted by Gasteiger charge is -2.28. The van der Waals surface area contributed by atoms with Gasteiger partial charge in [-0.05, 0) is 65.7 Å². The second kappa shape index (κ2) is 10.1. The summed E-state index contributed by atoms with van der Waals surface area (Å²) >= 11 is 0. The Balaban J connectivity index is 1.36. The Kier molecular flexibility index (Phi) is 7.02. The van der Waals surface area contributed by atoms with Crippen LogP contribution in [0.4, 0.5) is 4.39 Å². The maximum atomic E-state index is 14.5. The zero-order valence-electron chi connectivity index (χ0n) is 18.5. The lowest BCUT2D eigenvalue weighted by Crippen LogP contribution is -2.15. The second-order valence-electron chi connectivity index (χ2n) is 9.10. The summed E-state index contributed by atoms with van der Waals surface area (Å²) in [4.78, 5) is 0. The van der Waals surface area contributed by atoms with Gasteiger partial charge in [0.05, 0.1) is 0 Å². The van der Waals surface area contributed by atoms with Crippen molar-refractivity contribution < 1.29 is 4.39 Å². The maximum absolute atomic E-state index is 14.5. The number of hydrogen-bond donors (Lipinski definition) is 0. The fourth-order valence-electron chi connectivity index (χ4n) is 5.04. The van der Waals surface area contributed by atoms with Crippen LogP contribution in [-0.4, -0.2) is 0 Å². The van der Waals surface area contributed by atoms with Crippen LogP contribution >= 0.6 is 0 Å². The number of fused-ring (bicyclic) bond motifs is 1. The molecule has 0 nitrogen and oxygen atoms in total. The monoisotopic (exact) mass is 412 g/mol. The van der Waals surface area contributed by atoms with Gasteiger partial charge in [-0.3, -0.25) is 0 Å². The number of halogens is 1. The summed E-state index contributed by atoms with van der Waals surface area (Å²) in [6.45, 7) is 7.54. The van der Waals surface area contributed by atoms with Crippen LogP contribution in [0.25, 0.3) is 28.0 Å². The van der Waals surface area contributed by atoms with Gasteiger partial charge in [0.1, 0.15) is 5.82 Å². The highest BCUT2D eigenvalue weighted by atomic mass is 19.1. The van der Waals surface area contributed by atoms with Gasteiger partial charge in [-0.2, -0.15) is 0 Å². The summed E-state index contributed by atoms with van der Waals surface area (Å²) in [5, 5.41) is 1.57. The van der Waals surface area contributed by atoms with Crippen LogP contribution in [0.1, 0.15) is 56.1 Å². The summed E-state index contributed by atoms with van der Waals surface area (Å²) in [5.41, 5.74) is 4.28. The predicted molar refractivity (Wildman–Crippen MR) is 133 cm³/mol. The predicted octanol–water partition coefficient (Wildman–Crippen LogP) is 8.99. The Hall–Kier alpha value is -2.67. The van der Waals surface area contributed by atoms with Gasteiger partial charge in [0.2, 0.25) is 0 Å². The molecule has 0 heterocycles. The maximum Gasteiger partial charge on any atom is 0.138 e. The largest absolute Gasteiger partial charge is 0.206 e. The number of allylic oxidation sites excluding steroid dienone is 1. The average molecular weight is 413 g/mol. The standard InChI is InChI=1S/C30H33F/c1-3-5-6-22-7-9-23(10-8-22)11-12-24-13-15-26(16-14-24)27-19-20-29-28(21-27)18-17-25(4-2)30(29)31/h3-4,13-23H,1-2,5-12H2. The summed E-state index contributed by atoms with van der Waals surface area (Å²) < 4.78 is 14.5. The van der Waals surface area contributed by atoms with E-state index < -0.39 is 0 Å². The van der Waals surface area contributed by atoms with Crippen LogP contribution in [-0.2, 0) is 6.42 Å². The van der Waals surface area contributed by atoms with E-state index in [1.54, 1.807) is 12.1 Å². The Morgan fingerprint density at radius 1 is 0.806 bits per heavy atom. The molecule has 0 bridgehead atoms. The van der Waals surface area contributed by atoms with Gasteiger partial charge in [0, 0.05) is 10.9 Å². The van der Waals surface area contributed by atoms with Crippen LogP contribution in [0.15, 0.2) is 73.8 Å². The van der Waals surface area contributed by atoms with Crippen molar-refractivity contribution in [3.63, 3.8) is 0 Å². The Morgan fingerprint density at radius 2 is 1.48 bits per heavy atom. The first kappa shape index (κ1) is 21.6. The third-order valence-corrected chi connectivity index (χ3v) is 7.08. The van der Waals surface area contributed by atoms with Crippen molar-refractivity contribution in [1.82, 2.24) is 0 Å². The normalized spacial score (nSPS) is 18.7.